The number of imidazole rings is 1. The van der Waals surface area contributed by atoms with Gasteiger partial charge in [0, 0.05) is 6.42 Å². The lowest BCUT2D eigenvalue weighted by Crippen LogP contribution is -2.34. The van der Waals surface area contributed by atoms with Gasteiger partial charge in [0.15, 0.2) is 11.0 Å². The van der Waals surface area contributed by atoms with Crippen LogP contribution in [0.2, 0.25) is 0 Å². The number of nitrogens with zero attached hydrogens (tertiary/aromatic N) is 2. The Bertz CT molecular complexity index is 796. The Labute approximate surface area is 142 Å². The quantitative estimate of drug-likeness (QED) is 0.678. The minimum absolute atomic E-state index is 0.284. The number of para-hydroxylation sites is 3. The molecule has 0 radical (unpaired) electrons. The Hall–Kier alpha value is -2.33. The van der Waals surface area contributed by atoms with Crippen molar-refractivity contribution in [3.63, 3.8) is 0 Å². The van der Waals surface area contributed by atoms with E-state index in [0.29, 0.717) is 6.54 Å². The molecule has 0 aliphatic rings. The third-order valence-electron chi connectivity index (χ3n) is 4.29. The van der Waals surface area contributed by atoms with E-state index in [-0.39, 0.29) is 6.61 Å². The molecule has 3 aromatic rings. The van der Waals surface area contributed by atoms with E-state index in [9.17, 15) is 5.11 Å². The molecular formula is C20H25N2O2+. The third kappa shape index (κ3) is 3.44. The molecule has 0 saturated heterocycles. The topological polar surface area (TPSA) is 38.3 Å². The molecule has 4 heteroatoms. The van der Waals surface area contributed by atoms with Gasteiger partial charge >= 0.3 is 0 Å². The first-order valence-corrected chi connectivity index (χ1v) is 8.52. The lowest BCUT2D eigenvalue weighted by Gasteiger charge is -2.12. The molecule has 0 aliphatic heterocycles. The molecule has 1 atom stereocenters. The van der Waals surface area contributed by atoms with Crippen molar-refractivity contribution < 1.29 is 14.4 Å². The van der Waals surface area contributed by atoms with Crippen LogP contribution < -0.4 is 9.30 Å². The number of hydrogen-bond acceptors (Lipinski definition) is 2. The number of aliphatic hydroxyl groups is 1. The summed E-state index contributed by atoms with van der Waals surface area (Å²) in [6.45, 7) is 2.99. The van der Waals surface area contributed by atoms with Gasteiger partial charge in [-0.3, -0.25) is 0 Å². The van der Waals surface area contributed by atoms with Gasteiger partial charge in [0.25, 0.3) is 5.82 Å². The molecule has 0 amide bonds. The van der Waals surface area contributed by atoms with Gasteiger partial charge in [-0.25, -0.2) is 9.13 Å². The largest absolute Gasteiger partial charge is 0.491 e. The smallest absolute Gasteiger partial charge is 0.257 e. The number of aliphatic hydroxyl groups excluding tert-OH is 1. The summed E-state index contributed by atoms with van der Waals surface area (Å²) < 4.78 is 10.1. The molecule has 24 heavy (non-hydrogen) atoms. The lowest BCUT2D eigenvalue weighted by atomic mass is 10.3. The fourth-order valence-electron chi connectivity index (χ4n) is 3.14. The highest BCUT2D eigenvalue weighted by molar-refractivity contribution is 5.72. The molecule has 126 valence electrons. The fourth-order valence-corrected chi connectivity index (χ4v) is 3.14. The number of aromatic nitrogens is 2. The average molecular weight is 325 g/mol. The van der Waals surface area contributed by atoms with Gasteiger partial charge in [0.1, 0.15) is 25.0 Å². The minimum Gasteiger partial charge on any atom is -0.491 e. The highest BCUT2D eigenvalue weighted by Gasteiger charge is 2.23. The molecule has 1 aromatic heterocycles. The molecule has 0 aliphatic carbocycles. The molecule has 1 heterocycles. The van der Waals surface area contributed by atoms with E-state index in [0.717, 1.165) is 24.1 Å². The van der Waals surface area contributed by atoms with Crippen LogP contribution >= 0.6 is 0 Å². The van der Waals surface area contributed by atoms with E-state index in [4.69, 9.17) is 4.74 Å². The van der Waals surface area contributed by atoms with Crippen LogP contribution in [0.3, 0.4) is 0 Å². The summed E-state index contributed by atoms with van der Waals surface area (Å²) in [7, 11) is 2.09. The van der Waals surface area contributed by atoms with Crippen molar-refractivity contribution in [1.82, 2.24) is 4.57 Å². The van der Waals surface area contributed by atoms with Crippen molar-refractivity contribution in [2.45, 2.75) is 32.4 Å². The second-order valence-electron chi connectivity index (χ2n) is 6.10. The minimum atomic E-state index is -0.559. The first kappa shape index (κ1) is 16.5. The van der Waals surface area contributed by atoms with Crippen molar-refractivity contribution in [2.75, 3.05) is 6.61 Å². The molecule has 0 unspecified atom stereocenters. The monoisotopic (exact) mass is 325 g/mol. The van der Waals surface area contributed by atoms with Crippen LogP contribution in [-0.2, 0) is 20.0 Å². The summed E-state index contributed by atoms with van der Waals surface area (Å²) in [6, 6.07) is 17.9. The fraction of sp³-hybridized carbons (Fsp3) is 0.350. The van der Waals surface area contributed by atoms with Crippen LogP contribution in [0.4, 0.5) is 0 Å². The van der Waals surface area contributed by atoms with Crippen LogP contribution in [0.25, 0.3) is 11.0 Å². The summed E-state index contributed by atoms with van der Waals surface area (Å²) in [4.78, 5) is 0. The first-order valence-electron chi connectivity index (χ1n) is 8.52. The van der Waals surface area contributed by atoms with Gasteiger partial charge in [-0.05, 0) is 30.7 Å². The maximum atomic E-state index is 10.5. The zero-order valence-corrected chi connectivity index (χ0v) is 14.4. The number of fused-ring (bicyclic) bond motifs is 1. The number of hydrogen-bond donors (Lipinski definition) is 1. The maximum absolute atomic E-state index is 10.5. The van der Waals surface area contributed by atoms with E-state index in [1.165, 1.54) is 11.3 Å². The second-order valence-corrected chi connectivity index (χ2v) is 6.10. The van der Waals surface area contributed by atoms with E-state index < -0.39 is 6.10 Å². The second kappa shape index (κ2) is 7.49. The van der Waals surface area contributed by atoms with E-state index in [1.54, 1.807) is 0 Å². The average Bonchev–Trinajstić information content (AvgIpc) is 2.87. The van der Waals surface area contributed by atoms with Crippen LogP contribution in [0, 0.1) is 0 Å². The Morgan fingerprint density at radius 2 is 1.79 bits per heavy atom. The van der Waals surface area contributed by atoms with Crippen molar-refractivity contribution in [1.29, 1.82) is 0 Å². The van der Waals surface area contributed by atoms with Gasteiger partial charge in [-0.1, -0.05) is 37.3 Å². The SMILES string of the molecule is CCCc1n(C[C@H](O)COc2ccccc2)c2ccccc2[n+]1C. The predicted molar refractivity (Wildman–Crippen MR) is 95.1 cm³/mol. The normalized spacial score (nSPS) is 12.5. The van der Waals surface area contributed by atoms with Crippen LogP contribution in [-0.4, -0.2) is 22.4 Å². The summed E-state index contributed by atoms with van der Waals surface area (Å²) in [6.07, 6.45) is 1.50. The van der Waals surface area contributed by atoms with Crippen molar-refractivity contribution in [3.8, 4) is 5.75 Å². The van der Waals surface area contributed by atoms with Crippen molar-refractivity contribution >= 4 is 11.0 Å². The third-order valence-corrected chi connectivity index (χ3v) is 4.29. The summed E-state index contributed by atoms with van der Waals surface area (Å²) in [5, 5.41) is 10.5. The predicted octanol–water partition coefficient (Wildman–Crippen LogP) is 2.86. The molecular weight excluding hydrogens is 300 g/mol. The molecule has 0 bridgehead atoms. The summed E-state index contributed by atoms with van der Waals surface area (Å²) in [5.41, 5.74) is 2.35. The van der Waals surface area contributed by atoms with Gasteiger partial charge in [-0.2, -0.15) is 0 Å². The number of ether oxygens (including phenoxy) is 1. The highest BCUT2D eigenvalue weighted by Crippen LogP contribution is 2.16. The van der Waals surface area contributed by atoms with Crippen LogP contribution in [0.1, 0.15) is 19.2 Å². The van der Waals surface area contributed by atoms with E-state index in [2.05, 4.69) is 41.3 Å². The van der Waals surface area contributed by atoms with Gasteiger partial charge in [0.2, 0.25) is 0 Å². The Morgan fingerprint density at radius 1 is 1.08 bits per heavy atom. The van der Waals surface area contributed by atoms with Crippen molar-refractivity contribution in [2.24, 2.45) is 7.05 Å². The molecule has 0 spiro atoms. The van der Waals surface area contributed by atoms with E-state index in [1.807, 2.05) is 36.4 Å². The zero-order chi connectivity index (χ0) is 16.9. The first-order chi connectivity index (χ1) is 11.7. The molecule has 3 rings (SSSR count). The molecule has 2 aromatic carbocycles. The number of aryl methyl sites for hydroxylation is 1. The summed E-state index contributed by atoms with van der Waals surface area (Å²) >= 11 is 0. The maximum Gasteiger partial charge on any atom is 0.257 e. The number of benzene rings is 2. The Balaban J connectivity index is 1.79. The van der Waals surface area contributed by atoms with Crippen molar-refractivity contribution in [3.05, 3.63) is 60.4 Å². The van der Waals surface area contributed by atoms with E-state index >= 15 is 0 Å². The van der Waals surface area contributed by atoms with Crippen LogP contribution in [0.15, 0.2) is 54.6 Å². The highest BCUT2D eigenvalue weighted by atomic mass is 16.5. The Kier molecular flexibility index (Phi) is 5.16. The molecule has 4 nitrogen and oxygen atoms in total. The Morgan fingerprint density at radius 3 is 2.54 bits per heavy atom. The number of rotatable bonds is 7. The van der Waals surface area contributed by atoms with Gasteiger partial charge in [-0.15, -0.1) is 0 Å². The van der Waals surface area contributed by atoms with Gasteiger partial charge in [0.05, 0.1) is 7.05 Å². The van der Waals surface area contributed by atoms with Crippen LogP contribution in [0.5, 0.6) is 5.75 Å². The summed E-state index contributed by atoms with van der Waals surface area (Å²) in [5.74, 6) is 2.02. The lowest BCUT2D eigenvalue weighted by molar-refractivity contribution is -0.654. The van der Waals surface area contributed by atoms with Gasteiger partial charge < -0.3 is 9.84 Å². The molecule has 1 N–H and O–H groups in total. The zero-order valence-electron chi connectivity index (χ0n) is 14.4. The molecule has 0 fully saturated rings. The molecule has 0 saturated carbocycles. The standard InChI is InChI=1S/C20H25N2O2/c1-3-9-20-21(2)18-12-7-8-13-19(18)22(20)14-16(23)15-24-17-10-5-4-6-11-17/h4-8,10-13,16,23H,3,9,14-15H2,1-2H3/q+1/t16-/m0/s1.